The summed E-state index contributed by atoms with van der Waals surface area (Å²) in [6.07, 6.45) is 2.10. The van der Waals surface area contributed by atoms with Gasteiger partial charge in [-0.2, -0.15) is 0 Å². The minimum absolute atomic E-state index is 0.00190. The molecule has 0 unspecified atom stereocenters. The van der Waals surface area contributed by atoms with Gasteiger partial charge < -0.3 is 14.6 Å². The number of hydrogen-bond donors (Lipinski definition) is 1. The number of carbonyl (C=O) groups is 2. The lowest BCUT2D eigenvalue weighted by atomic mass is 10.1. The van der Waals surface area contributed by atoms with Gasteiger partial charge in [0.05, 0.1) is 22.1 Å². The van der Waals surface area contributed by atoms with E-state index in [4.69, 9.17) is 26.8 Å². The molecule has 0 atom stereocenters. The minimum atomic E-state index is -0.891. The van der Waals surface area contributed by atoms with Crippen LogP contribution < -0.4 is 9.47 Å². The number of benzene rings is 1. The van der Waals surface area contributed by atoms with E-state index in [1.54, 1.807) is 6.08 Å². The van der Waals surface area contributed by atoms with Gasteiger partial charge in [-0.05, 0) is 66.9 Å². The van der Waals surface area contributed by atoms with E-state index in [1.165, 1.54) is 16.7 Å². The molecule has 1 aliphatic heterocycles. The van der Waals surface area contributed by atoms with Crippen molar-refractivity contribution in [3.05, 3.63) is 27.1 Å². The van der Waals surface area contributed by atoms with Gasteiger partial charge in [0.25, 0.3) is 5.91 Å². The van der Waals surface area contributed by atoms with Crippen molar-refractivity contribution in [1.82, 2.24) is 4.90 Å². The Morgan fingerprint density at radius 2 is 2.14 bits per heavy atom. The Morgan fingerprint density at radius 3 is 2.75 bits per heavy atom. The first-order valence-electron chi connectivity index (χ1n) is 8.83. The molecule has 0 radical (unpaired) electrons. The molecule has 28 heavy (non-hydrogen) atoms. The number of hydrogen-bond acceptors (Lipinski definition) is 6. The van der Waals surface area contributed by atoms with Crippen LogP contribution in [0.1, 0.15) is 39.2 Å². The smallest absolute Gasteiger partial charge is 0.303 e. The molecule has 1 fully saturated rings. The van der Waals surface area contributed by atoms with Crippen LogP contribution in [0.2, 0.25) is 0 Å². The maximum absolute atomic E-state index is 12.6. The number of halogens is 1. The lowest BCUT2D eigenvalue weighted by molar-refractivity contribution is -0.137. The number of carboxylic acids is 1. The number of thiocarbonyl (C=S) groups is 1. The summed E-state index contributed by atoms with van der Waals surface area (Å²) in [5.74, 6) is 0.110. The van der Waals surface area contributed by atoms with E-state index >= 15 is 0 Å². The van der Waals surface area contributed by atoms with Gasteiger partial charge >= 0.3 is 5.97 Å². The molecular weight excluding hydrogens is 466 g/mol. The van der Waals surface area contributed by atoms with Gasteiger partial charge in [0, 0.05) is 13.0 Å². The van der Waals surface area contributed by atoms with Crippen LogP contribution in [-0.2, 0) is 9.59 Å². The summed E-state index contributed by atoms with van der Waals surface area (Å²) in [6.45, 7) is 6.54. The Hall–Kier alpha value is -1.58. The van der Waals surface area contributed by atoms with Gasteiger partial charge in [0.15, 0.2) is 11.5 Å². The number of amides is 1. The summed E-state index contributed by atoms with van der Waals surface area (Å²) in [5, 5.41) is 8.76. The summed E-state index contributed by atoms with van der Waals surface area (Å²) >= 11 is 10.0. The average Bonchev–Trinajstić information content (AvgIpc) is 2.85. The molecule has 1 aliphatic rings. The second-order valence-corrected chi connectivity index (χ2v) is 8.79. The van der Waals surface area contributed by atoms with Gasteiger partial charge in [0.1, 0.15) is 4.32 Å². The molecule has 1 N–H and O–H groups in total. The van der Waals surface area contributed by atoms with Gasteiger partial charge in [-0.15, -0.1) is 0 Å². The Labute approximate surface area is 182 Å². The summed E-state index contributed by atoms with van der Waals surface area (Å²) in [7, 11) is 0. The van der Waals surface area contributed by atoms with Gasteiger partial charge in [-0.25, -0.2) is 0 Å². The minimum Gasteiger partial charge on any atom is -0.490 e. The van der Waals surface area contributed by atoms with E-state index in [0.717, 1.165) is 10.0 Å². The molecule has 0 aromatic heterocycles. The van der Waals surface area contributed by atoms with Crippen LogP contribution in [0.4, 0.5) is 0 Å². The second-order valence-electron chi connectivity index (χ2n) is 6.26. The first-order chi connectivity index (χ1) is 13.2. The first kappa shape index (κ1) is 22.7. The molecule has 1 aromatic carbocycles. The number of ether oxygens (including phenoxy) is 2. The molecule has 1 aromatic rings. The van der Waals surface area contributed by atoms with Crippen LogP contribution in [0, 0.1) is 0 Å². The van der Waals surface area contributed by atoms with Crippen molar-refractivity contribution in [3.8, 4) is 11.5 Å². The molecule has 152 valence electrons. The van der Waals surface area contributed by atoms with Crippen molar-refractivity contribution in [2.24, 2.45) is 0 Å². The quantitative estimate of drug-likeness (QED) is 0.399. The third-order valence-electron chi connectivity index (χ3n) is 3.63. The van der Waals surface area contributed by atoms with Gasteiger partial charge in [-0.3, -0.25) is 14.5 Å². The zero-order valence-electron chi connectivity index (χ0n) is 15.9. The van der Waals surface area contributed by atoms with Crippen molar-refractivity contribution in [2.75, 3.05) is 13.2 Å². The lowest BCUT2D eigenvalue weighted by Crippen LogP contribution is -2.29. The molecule has 1 heterocycles. The Balaban J connectivity index is 2.25. The number of nitrogens with zero attached hydrogens (tertiary/aromatic N) is 1. The van der Waals surface area contributed by atoms with Gasteiger partial charge in [0.2, 0.25) is 0 Å². The van der Waals surface area contributed by atoms with Crippen LogP contribution in [0.25, 0.3) is 6.08 Å². The van der Waals surface area contributed by atoms with Crippen LogP contribution >= 0.6 is 39.9 Å². The summed E-state index contributed by atoms with van der Waals surface area (Å²) in [4.78, 5) is 25.3. The predicted octanol–water partition coefficient (Wildman–Crippen LogP) is 4.70. The highest BCUT2D eigenvalue weighted by Gasteiger charge is 2.31. The second kappa shape index (κ2) is 10.3. The van der Waals surface area contributed by atoms with Crippen molar-refractivity contribution in [2.45, 2.75) is 39.7 Å². The highest BCUT2D eigenvalue weighted by atomic mass is 79.9. The zero-order valence-corrected chi connectivity index (χ0v) is 19.1. The van der Waals surface area contributed by atoms with Crippen molar-refractivity contribution in [3.63, 3.8) is 0 Å². The molecule has 6 nitrogen and oxygen atoms in total. The molecule has 0 spiro atoms. The summed E-state index contributed by atoms with van der Waals surface area (Å²) in [6, 6.07) is 3.68. The monoisotopic (exact) mass is 487 g/mol. The van der Waals surface area contributed by atoms with E-state index in [-0.39, 0.29) is 18.4 Å². The topological polar surface area (TPSA) is 76.1 Å². The number of thioether (sulfide) groups is 1. The number of carboxylic acid groups (broad SMARTS) is 1. The molecular formula is C19H22BrNO5S2. The maximum atomic E-state index is 12.6. The summed E-state index contributed by atoms with van der Waals surface area (Å²) < 4.78 is 12.7. The largest absolute Gasteiger partial charge is 0.490 e. The SMILES string of the molecule is CCOc1cc(/C=C2\SC(=S)N(CCCC(=O)O)C2=O)cc(Br)c1OC(C)C. The van der Waals surface area contributed by atoms with Crippen molar-refractivity contribution < 1.29 is 24.2 Å². The molecule has 1 saturated heterocycles. The third kappa shape index (κ3) is 5.96. The normalized spacial score (nSPS) is 15.6. The maximum Gasteiger partial charge on any atom is 0.303 e. The average molecular weight is 488 g/mol. The number of rotatable bonds is 9. The van der Waals surface area contributed by atoms with Crippen LogP contribution in [0.3, 0.4) is 0 Å². The zero-order chi connectivity index (χ0) is 20.8. The Morgan fingerprint density at radius 1 is 1.43 bits per heavy atom. The van der Waals surface area contributed by atoms with Crippen LogP contribution in [0.5, 0.6) is 11.5 Å². The Kier molecular flexibility index (Phi) is 8.33. The van der Waals surface area contributed by atoms with Crippen molar-refractivity contribution in [1.29, 1.82) is 0 Å². The molecule has 0 bridgehead atoms. The fourth-order valence-electron chi connectivity index (χ4n) is 2.52. The van der Waals surface area contributed by atoms with E-state index in [1.807, 2.05) is 32.9 Å². The standard InChI is InChI=1S/C19H22BrNO5S2/c1-4-25-14-9-12(8-13(20)17(14)26-11(2)3)10-15-18(24)21(19(27)28-15)7-5-6-16(22)23/h8-11H,4-7H2,1-3H3,(H,22,23)/b15-10-. The number of carbonyl (C=O) groups excluding carboxylic acids is 1. The molecule has 1 amide bonds. The summed E-state index contributed by atoms with van der Waals surface area (Å²) in [5.41, 5.74) is 0.775. The highest BCUT2D eigenvalue weighted by molar-refractivity contribution is 9.10. The van der Waals surface area contributed by atoms with E-state index in [0.29, 0.717) is 40.3 Å². The number of aliphatic carboxylic acids is 1. The van der Waals surface area contributed by atoms with E-state index < -0.39 is 5.97 Å². The fraction of sp³-hybridized carbons (Fsp3) is 0.421. The van der Waals surface area contributed by atoms with Crippen LogP contribution in [-0.4, -0.2) is 45.5 Å². The van der Waals surface area contributed by atoms with E-state index in [9.17, 15) is 9.59 Å². The Bertz CT molecular complexity index is 810. The molecule has 0 aliphatic carbocycles. The highest BCUT2D eigenvalue weighted by Crippen LogP contribution is 2.39. The van der Waals surface area contributed by atoms with E-state index in [2.05, 4.69) is 15.9 Å². The molecule has 0 saturated carbocycles. The van der Waals surface area contributed by atoms with Crippen molar-refractivity contribution >= 4 is 62.2 Å². The third-order valence-corrected chi connectivity index (χ3v) is 5.60. The van der Waals surface area contributed by atoms with Gasteiger partial charge in [-0.1, -0.05) is 24.0 Å². The van der Waals surface area contributed by atoms with Crippen LogP contribution in [0.15, 0.2) is 21.5 Å². The lowest BCUT2D eigenvalue weighted by Gasteiger charge is -2.17. The molecule has 9 heteroatoms. The predicted molar refractivity (Wildman–Crippen MR) is 118 cm³/mol. The molecule has 2 rings (SSSR count). The first-order valence-corrected chi connectivity index (χ1v) is 10.8. The fourth-order valence-corrected chi connectivity index (χ4v) is 4.38.